The summed E-state index contributed by atoms with van der Waals surface area (Å²) in [5.41, 5.74) is 7.61. The zero-order valence-corrected chi connectivity index (χ0v) is 12.3. The van der Waals surface area contributed by atoms with Crippen LogP contribution in [0, 0.1) is 6.92 Å². The number of likely N-dealkylation sites (tertiary alicyclic amines) is 1. The van der Waals surface area contributed by atoms with Crippen LogP contribution in [-0.2, 0) is 0 Å². The monoisotopic (exact) mass is 294 g/mol. The minimum atomic E-state index is -0.0381. The summed E-state index contributed by atoms with van der Waals surface area (Å²) in [6.45, 7) is 3.32. The molecule has 0 spiro atoms. The van der Waals surface area contributed by atoms with Crippen LogP contribution in [0.3, 0.4) is 0 Å². The van der Waals surface area contributed by atoms with Crippen LogP contribution in [0.15, 0.2) is 28.7 Å². The second-order valence-electron chi connectivity index (χ2n) is 5.21. The van der Waals surface area contributed by atoms with E-state index >= 15 is 0 Å². The highest BCUT2D eigenvalue weighted by atomic mass is 35.5. The fourth-order valence-electron chi connectivity index (χ4n) is 2.72. The lowest BCUT2D eigenvalue weighted by Crippen LogP contribution is -2.45. The number of furan rings is 1. The molecule has 1 atom stereocenters. The fraction of sp³-hybridized carbons (Fsp3) is 0.400. The average Bonchev–Trinajstić information content (AvgIpc) is 2.76. The molecule has 2 N–H and O–H groups in total. The number of carbonyl (C=O) groups is 1. The summed E-state index contributed by atoms with van der Waals surface area (Å²) in [6.07, 6.45) is 1.95. The number of benzene rings is 1. The highest BCUT2D eigenvalue weighted by Crippen LogP contribution is 2.26. The zero-order valence-electron chi connectivity index (χ0n) is 11.5. The number of nitrogens with two attached hydrogens (primary N) is 1. The number of rotatable bonds is 1. The Hall–Kier alpha value is -1.52. The summed E-state index contributed by atoms with van der Waals surface area (Å²) in [7, 11) is 0. The molecule has 3 rings (SSSR count). The second-order valence-corrected chi connectivity index (χ2v) is 5.21. The molecule has 1 amide bonds. The standard InChI is InChI=1S/C15H18N2O2.ClH/c1-10-12-6-2-3-7-13(12)19-14(10)15(18)17-8-4-5-11(16)9-17;/h2-3,6-7,11H,4-5,8-9,16H2,1H3;1H. The molecule has 108 valence electrons. The lowest BCUT2D eigenvalue weighted by Gasteiger charge is -2.30. The molecule has 20 heavy (non-hydrogen) atoms. The van der Waals surface area contributed by atoms with E-state index in [-0.39, 0.29) is 24.4 Å². The van der Waals surface area contributed by atoms with Crippen molar-refractivity contribution in [2.75, 3.05) is 13.1 Å². The Morgan fingerprint density at radius 3 is 2.85 bits per heavy atom. The third kappa shape index (κ3) is 2.53. The van der Waals surface area contributed by atoms with Gasteiger partial charge in [-0.15, -0.1) is 12.4 Å². The summed E-state index contributed by atoms with van der Waals surface area (Å²) < 4.78 is 5.72. The van der Waals surface area contributed by atoms with Gasteiger partial charge in [0.2, 0.25) is 0 Å². The number of amides is 1. The Kier molecular flexibility index (Phi) is 4.35. The van der Waals surface area contributed by atoms with Crippen LogP contribution < -0.4 is 5.73 Å². The van der Waals surface area contributed by atoms with E-state index in [1.807, 2.05) is 31.2 Å². The number of para-hydroxylation sites is 1. The molecule has 4 nitrogen and oxygen atoms in total. The molecular weight excluding hydrogens is 276 g/mol. The van der Waals surface area contributed by atoms with Gasteiger partial charge < -0.3 is 15.1 Å². The number of piperidine rings is 1. The molecule has 1 unspecified atom stereocenters. The Morgan fingerprint density at radius 1 is 1.40 bits per heavy atom. The molecular formula is C15H19ClN2O2. The first-order valence-electron chi connectivity index (χ1n) is 6.70. The van der Waals surface area contributed by atoms with Crippen molar-refractivity contribution in [3.8, 4) is 0 Å². The van der Waals surface area contributed by atoms with Gasteiger partial charge in [-0.3, -0.25) is 4.79 Å². The maximum absolute atomic E-state index is 12.5. The van der Waals surface area contributed by atoms with E-state index < -0.39 is 0 Å². The van der Waals surface area contributed by atoms with Crippen molar-refractivity contribution >= 4 is 29.3 Å². The van der Waals surface area contributed by atoms with Crippen LogP contribution in [0.5, 0.6) is 0 Å². The number of hydrogen-bond acceptors (Lipinski definition) is 3. The summed E-state index contributed by atoms with van der Waals surface area (Å²) in [5, 5.41) is 1.01. The highest BCUT2D eigenvalue weighted by Gasteiger charge is 2.26. The van der Waals surface area contributed by atoms with Gasteiger partial charge in [0, 0.05) is 30.1 Å². The predicted octanol–water partition coefficient (Wildman–Crippen LogP) is 2.73. The van der Waals surface area contributed by atoms with Crippen molar-refractivity contribution in [1.82, 2.24) is 4.90 Å². The Bertz CT molecular complexity index is 623. The van der Waals surface area contributed by atoms with Gasteiger partial charge in [0.1, 0.15) is 5.58 Å². The van der Waals surface area contributed by atoms with E-state index in [0.29, 0.717) is 12.3 Å². The maximum atomic E-state index is 12.5. The smallest absolute Gasteiger partial charge is 0.289 e. The fourth-order valence-corrected chi connectivity index (χ4v) is 2.72. The van der Waals surface area contributed by atoms with Crippen LogP contribution in [0.25, 0.3) is 11.0 Å². The lowest BCUT2D eigenvalue weighted by atomic mass is 10.1. The third-order valence-electron chi connectivity index (χ3n) is 3.78. The maximum Gasteiger partial charge on any atom is 0.289 e. The van der Waals surface area contributed by atoms with Gasteiger partial charge in [0.05, 0.1) is 0 Å². The molecule has 1 aliphatic heterocycles. The van der Waals surface area contributed by atoms with E-state index in [1.54, 1.807) is 4.90 Å². The van der Waals surface area contributed by atoms with Gasteiger partial charge in [-0.2, -0.15) is 0 Å². The minimum absolute atomic E-state index is 0. The van der Waals surface area contributed by atoms with E-state index in [2.05, 4.69) is 0 Å². The highest BCUT2D eigenvalue weighted by molar-refractivity contribution is 5.98. The van der Waals surface area contributed by atoms with E-state index in [0.717, 1.165) is 35.9 Å². The molecule has 2 aromatic rings. The van der Waals surface area contributed by atoms with Crippen molar-refractivity contribution in [2.45, 2.75) is 25.8 Å². The molecule has 1 aromatic carbocycles. The van der Waals surface area contributed by atoms with Gasteiger partial charge in [0.15, 0.2) is 5.76 Å². The van der Waals surface area contributed by atoms with Gasteiger partial charge in [-0.05, 0) is 25.8 Å². The number of carbonyl (C=O) groups excluding carboxylic acids is 1. The van der Waals surface area contributed by atoms with Crippen LogP contribution >= 0.6 is 12.4 Å². The third-order valence-corrected chi connectivity index (χ3v) is 3.78. The number of nitrogens with zero attached hydrogens (tertiary/aromatic N) is 1. The van der Waals surface area contributed by atoms with Crippen molar-refractivity contribution in [1.29, 1.82) is 0 Å². The van der Waals surface area contributed by atoms with Gasteiger partial charge in [-0.1, -0.05) is 18.2 Å². The van der Waals surface area contributed by atoms with Crippen molar-refractivity contribution < 1.29 is 9.21 Å². The molecule has 1 fully saturated rings. The Morgan fingerprint density at radius 2 is 2.15 bits per heavy atom. The molecule has 5 heteroatoms. The minimum Gasteiger partial charge on any atom is -0.451 e. The van der Waals surface area contributed by atoms with Crippen LogP contribution in [0.2, 0.25) is 0 Å². The van der Waals surface area contributed by atoms with Gasteiger partial charge in [0.25, 0.3) is 5.91 Å². The SMILES string of the molecule is Cc1c(C(=O)N2CCCC(N)C2)oc2ccccc12.Cl. The number of fused-ring (bicyclic) bond motifs is 1. The first kappa shape index (κ1) is 14.9. The van der Waals surface area contributed by atoms with Crippen molar-refractivity contribution in [2.24, 2.45) is 5.73 Å². The second kappa shape index (κ2) is 5.85. The number of aryl methyl sites for hydroxylation is 1. The largest absolute Gasteiger partial charge is 0.451 e. The Labute approximate surface area is 124 Å². The Balaban J connectivity index is 0.00000147. The summed E-state index contributed by atoms with van der Waals surface area (Å²) >= 11 is 0. The molecule has 1 aromatic heterocycles. The normalized spacial score (nSPS) is 18.9. The molecule has 0 aliphatic carbocycles. The zero-order chi connectivity index (χ0) is 13.4. The van der Waals surface area contributed by atoms with Crippen LogP contribution in [-0.4, -0.2) is 29.9 Å². The average molecular weight is 295 g/mol. The molecule has 0 bridgehead atoms. The summed E-state index contributed by atoms with van der Waals surface area (Å²) in [6, 6.07) is 7.82. The van der Waals surface area contributed by atoms with Crippen LogP contribution in [0.4, 0.5) is 0 Å². The molecule has 0 radical (unpaired) electrons. The molecule has 1 saturated heterocycles. The number of halogens is 1. The first-order chi connectivity index (χ1) is 9.16. The summed E-state index contributed by atoms with van der Waals surface area (Å²) in [4.78, 5) is 14.3. The van der Waals surface area contributed by atoms with Crippen molar-refractivity contribution in [3.63, 3.8) is 0 Å². The van der Waals surface area contributed by atoms with E-state index in [4.69, 9.17) is 10.2 Å². The number of hydrogen-bond donors (Lipinski definition) is 1. The summed E-state index contributed by atoms with van der Waals surface area (Å²) in [5.74, 6) is 0.416. The van der Waals surface area contributed by atoms with Gasteiger partial charge >= 0.3 is 0 Å². The predicted molar refractivity (Wildman–Crippen MR) is 81.3 cm³/mol. The van der Waals surface area contributed by atoms with Crippen molar-refractivity contribution in [3.05, 3.63) is 35.6 Å². The molecule has 0 saturated carbocycles. The molecule has 2 heterocycles. The van der Waals surface area contributed by atoms with Crippen LogP contribution in [0.1, 0.15) is 29.0 Å². The molecule has 1 aliphatic rings. The lowest BCUT2D eigenvalue weighted by molar-refractivity contribution is 0.0678. The topological polar surface area (TPSA) is 59.5 Å². The van der Waals surface area contributed by atoms with E-state index in [1.165, 1.54) is 0 Å². The quantitative estimate of drug-likeness (QED) is 0.880. The first-order valence-corrected chi connectivity index (χ1v) is 6.70. The van der Waals surface area contributed by atoms with Gasteiger partial charge in [-0.25, -0.2) is 0 Å². The van der Waals surface area contributed by atoms with E-state index in [9.17, 15) is 4.79 Å².